The van der Waals surface area contributed by atoms with E-state index in [9.17, 15) is 25.2 Å². The average Bonchev–Trinajstić information content (AvgIpc) is 3.73. The summed E-state index contributed by atoms with van der Waals surface area (Å²) in [7, 11) is 1.52. The Morgan fingerprint density at radius 3 is 2.31 bits per heavy atom. The minimum atomic E-state index is -1.56. The summed E-state index contributed by atoms with van der Waals surface area (Å²) in [4.78, 5) is 11.8. The van der Waals surface area contributed by atoms with Crippen LogP contribution < -0.4 is 29.6 Å². The smallest absolute Gasteiger partial charge is 1.00 e. The molecule has 0 aliphatic carbocycles. The van der Waals surface area contributed by atoms with Gasteiger partial charge in [-0.15, -0.1) is 0 Å². The summed E-state index contributed by atoms with van der Waals surface area (Å²) in [5, 5.41) is 41.8. The molecule has 5 heterocycles. The molecule has 282 valence electrons. The Labute approximate surface area is 324 Å². The van der Waals surface area contributed by atoms with Gasteiger partial charge in [0, 0.05) is 37.7 Å². The van der Waals surface area contributed by atoms with Gasteiger partial charge >= 0.3 is 35.5 Å². The van der Waals surface area contributed by atoms with E-state index in [0.29, 0.717) is 19.3 Å². The summed E-state index contributed by atoms with van der Waals surface area (Å²) in [5.74, 6) is -4.52. The summed E-state index contributed by atoms with van der Waals surface area (Å²) < 4.78 is 39.4. The number of rotatable bonds is 10. The first-order chi connectivity index (χ1) is 22.0. The quantitative estimate of drug-likeness (QED) is 0.242. The largest absolute Gasteiger partial charge is 1.00 e. The number of aliphatic hydroxyl groups is 3. The second-order valence-electron chi connectivity index (χ2n) is 16.3. The third-order valence-electron chi connectivity index (χ3n) is 13.0. The minimum absolute atomic E-state index is 0. The van der Waals surface area contributed by atoms with Crippen molar-refractivity contribution in [3.05, 3.63) is 0 Å². The second kappa shape index (κ2) is 16.4. The van der Waals surface area contributed by atoms with Gasteiger partial charge in [0.1, 0.15) is 0 Å². The molecule has 0 radical (unpaired) electrons. The number of hydrogen-bond acceptors (Lipinski definition) is 10. The van der Waals surface area contributed by atoms with Gasteiger partial charge in [0.05, 0.1) is 66.5 Å². The van der Waals surface area contributed by atoms with Crippen LogP contribution in [0.3, 0.4) is 0 Å². The van der Waals surface area contributed by atoms with Gasteiger partial charge in [-0.1, -0.05) is 41.5 Å². The predicted octanol–water partition coefficient (Wildman–Crippen LogP) is 1.50. The van der Waals surface area contributed by atoms with E-state index < -0.39 is 59.6 Å². The molecule has 0 bridgehead atoms. The normalized spacial score (nSPS) is 48.8. The minimum Gasteiger partial charge on any atom is -1.00 e. The van der Waals surface area contributed by atoms with E-state index in [1.54, 1.807) is 6.92 Å². The Bertz CT molecular complexity index is 1130. The fourth-order valence-corrected chi connectivity index (χ4v) is 9.91. The van der Waals surface area contributed by atoms with Crippen molar-refractivity contribution < 1.29 is 84.6 Å². The molecule has 0 aromatic rings. The number of ether oxygens (including phenoxy) is 6. The Morgan fingerprint density at radius 2 is 1.71 bits per heavy atom. The maximum absolute atomic E-state index is 11.8. The summed E-state index contributed by atoms with van der Waals surface area (Å²) in [5.41, 5.74) is -1.15. The van der Waals surface area contributed by atoms with Gasteiger partial charge in [0.2, 0.25) is 0 Å². The van der Waals surface area contributed by atoms with Crippen molar-refractivity contribution >= 4 is 19.5 Å². The van der Waals surface area contributed by atoms with Gasteiger partial charge in [-0.2, -0.15) is 13.5 Å². The maximum Gasteiger partial charge on any atom is 1.00 e. The van der Waals surface area contributed by atoms with Crippen molar-refractivity contribution in [2.75, 3.05) is 13.7 Å². The Hall–Kier alpha value is 0.460. The van der Waals surface area contributed by atoms with Gasteiger partial charge in [-0.05, 0) is 64.2 Å². The first-order valence-electron chi connectivity index (χ1n) is 18.1. The number of aliphatic carboxylic acids is 1. The molecule has 0 amide bonds. The second-order valence-corrected chi connectivity index (χ2v) is 16.3. The van der Waals surface area contributed by atoms with Gasteiger partial charge in [0.25, 0.3) is 0 Å². The van der Waals surface area contributed by atoms with Crippen LogP contribution in [0.15, 0.2) is 0 Å². The van der Waals surface area contributed by atoms with Crippen molar-refractivity contribution in [1.29, 1.82) is 0 Å². The Kier molecular flexibility index (Phi) is 14.7. The van der Waals surface area contributed by atoms with Gasteiger partial charge in [-0.3, -0.25) is 4.79 Å². The summed E-state index contributed by atoms with van der Waals surface area (Å²) in [6.07, 6.45) is 2.99. The fourth-order valence-electron chi connectivity index (χ4n) is 9.91. The van der Waals surface area contributed by atoms with E-state index in [1.807, 2.05) is 20.8 Å². The van der Waals surface area contributed by atoms with Crippen LogP contribution in [-0.4, -0.2) is 106 Å². The molecular formula is C36H65NaO11S. The molecule has 5 saturated heterocycles. The van der Waals surface area contributed by atoms with Crippen molar-refractivity contribution in [2.45, 2.75) is 172 Å². The zero-order valence-electron chi connectivity index (χ0n) is 32.5. The third kappa shape index (κ3) is 8.13. The van der Waals surface area contributed by atoms with Crippen LogP contribution in [-0.2, 0) is 33.2 Å². The average molecular weight is 729 g/mol. The van der Waals surface area contributed by atoms with Crippen LogP contribution in [0.25, 0.3) is 0 Å². The van der Waals surface area contributed by atoms with Gasteiger partial charge in [0.15, 0.2) is 11.6 Å². The topological polar surface area (TPSA) is 153 Å². The number of carboxylic acid groups (broad SMARTS) is 1. The molecule has 5 rings (SSSR count). The number of hydrogen-bond donors (Lipinski definition) is 4. The van der Waals surface area contributed by atoms with E-state index in [1.165, 1.54) is 7.11 Å². The van der Waals surface area contributed by atoms with Gasteiger partial charge < -0.3 is 50.3 Å². The molecule has 49 heavy (non-hydrogen) atoms. The molecule has 1 spiro atoms. The molecule has 5 fully saturated rings. The van der Waals surface area contributed by atoms with Crippen LogP contribution in [0.1, 0.15) is 108 Å². The first-order valence-corrected chi connectivity index (χ1v) is 18.1. The van der Waals surface area contributed by atoms with Gasteiger partial charge in [-0.25, -0.2) is 0 Å². The van der Waals surface area contributed by atoms with Crippen LogP contribution in [0, 0.1) is 35.5 Å². The summed E-state index contributed by atoms with van der Waals surface area (Å²) in [6.45, 7) is 15.6. The van der Waals surface area contributed by atoms with E-state index in [-0.39, 0.29) is 98.5 Å². The van der Waals surface area contributed by atoms with E-state index in [0.717, 1.165) is 32.1 Å². The van der Waals surface area contributed by atoms with E-state index >= 15 is 0 Å². The van der Waals surface area contributed by atoms with Crippen LogP contribution in [0.4, 0.5) is 0 Å². The molecule has 13 heteroatoms. The standard InChI is InChI=1S/C36H62O11.Na.H2S.H/c1-10-34(31-20(3)16-26(43-31)28-19(2)15-21(4)36(41,18-37)46-28)12-11-27(44-34)33(8)13-14-35(47-33)17-25(38)22(5)30(45-35)23(6)29(42-9)24(7)32(39)40;;;/h19-31,37-38,41H,10-18H2,1-9H3,(H,39,40);;1H2;/q;+1;;-1/t19-,20-,21+,22+,23-,24?,25-,26+,27+,28-,29+,30-,31+,33-,34-,35+,36-;;;/m0.../s1. The molecule has 11 nitrogen and oxygen atoms in total. The van der Waals surface area contributed by atoms with Crippen molar-refractivity contribution in [3.8, 4) is 0 Å². The molecule has 17 atom stereocenters. The molecular weight excluding hydrogens is 663 g/mol. The fraction of sp³-hybridized carbons (Fsp3) is 0.972. The molecule has 0 saturated carbocycles. The molecule has 5 aliphatic rings. The maximum atomic E-state index is 11.8. The number of aliphatic hydroxyl groups excluding tert-OH is 2. The molecule has 4 N–H and O–H groups in total. The van der Waals surface area contributed by atoms with E-state index in [2.05, 4.69) is 27.7 Å². The zero-order valence-corrected chi connectivity index (χ0v) is 34.5. The van der Waals surface area contributed by atoms with Crippen LogP contribution in [0.2, 0.25) is 0 Å². The molecule has 0 aromatic heterocycles. The Balaban J connectivity index is 0.00000289. The van der Waals surface area contributed by atoms with Crippen LogP contribution in [0.5, 0.6) is 0 Å². The number of methoxy groups -OCH3 is 1. The monoisotopic (exact) mass is 728 g/mol. The third-order valence-corrected chi connectivity index (χ3v) is 13.0. The van der Waals surface area contributed by atoms with Crippen molar-refractivity contribution in [2.24, 2.45) is 35.5 Å². The SMILES string of the molecule is CC[C@@]1([C@@H]2O[C@@H]([C@H]3O[C@@](O)(CO)[C@H](C)C[C@@H]3C)C[C@@H]2C)CC[C@H]([C@]2(C)CC[C@]3(C[C@H](O)[C@@H](C)[C@@H]([C@@H](C)[C@@H](OC)C(C)C(=O)O)O3)O2)O1.S.[H-].[Na+]. The summed E-state index contributed by atoms with van der Waals surface area (Å²) in [6, 6.07) is 0. The first kappa shape index (κ1) is 43.9. The van der Waals surface area contributed by atoms with Crippen LogP contribution >= 0.6 is 13.5 Å². The molecule has 0 aromatic carbocycles. The zero-order chi connectivity index (χ0) is 34.7. The summed E-state index contributed by atoms with van der Waals surface area (Å²) >= 11 is 0. The van der Waals surface area contributed by atoms with Crippen molar-refractivity contribution in [1.82, 2.24) is 0 Å². The predicted molar refractivity (Wildman–Crippen MR) is 184 cm³/mol. The molecule has 1 unspecified atom stereocenters. The van der Waals surface area contributed by atoms with Crippen molar-refractivity contribution in [3.63, 3.8) is 0 Å². The Morgan fingerprint density at radius 1 is 1.04 bits per heavy atom. The molecule has 5 aliphatic heterocycles. The van der Waals surface area contributed by atoms with E-state index in [4.69, 9.17) is 28.4 Å². The number of carboxylic acids is 1. The number of carbonyl (C=O) groups is 1.